The second-order valence-corrected chi connectivity index (χ2v) is 5.51. The van der Waals surface area contributed by atoms with Gasteiger partial charge in [-0.15, -0.1) is 0 Å². The Bertz CT molecular complexity index is 620. The van der Waals surface area contributed by atoms with Crippen molar-refractivity contribution in [1.82, 2.24) is 14.9 Å². The first-order valence-electron chi connectivity index (χ1n) is 7.52. The minimum atomic E-state index is 0.0736. The molecule has 1 amide bonds. The minimum Gasteiger partial charge on any atom is -0.460 e. The topological polar surface area (TPSA) is 55.3 Å². The first-order chi connectivity index (χ1) is 10.7. The normalized spacial score (nSPS) is 15.6. The quantitative estimate of drug-likeness (QED) is 0.873. The molecule has 1 aliphatic heterocycles. The van der Waals surface area contributed by atoms with Crippen LogP contribution in [0.5, 0.6) is 6.01 Å². The highest BCUT2D eigenvalue weighted by Crippen LogP contribution is 2.17. The van der Waals surface area contributed by atoms with Crippen molar-refractivity contribution in [1.29, 1.82) is 0 Å². The fourth-order valence-corrected chi connectivity index (χ4v) is 2.55. The number of hydrogen-bond acceptors (Lipinski definition) is 4. The number of hydrogen-bond donors (Lipinski definition) is 0. The van der Waals surface area contributed by atoms with Crippen molar-refractivity contribution in [2.45, 2.75) is 25.9 Å². The van der Waals surface area contributed by atoms with E-state index in [1.807, 2.05) is 36.1 Å². The molecule has 0 radical (unpaired) electrons. The van der Waals surface area contributed by atoms with Crippen molar-refractivity contribution >= 4 is 5.91 Å². The van der Waals surface area contributed by atoms with Gasteiger partial charge in [0.05, 0.1) is 0 Å². The maximum absolute atomic E-state index is 12.4. The monoisotopic (exact) mass is 297 g/mol. The number of carbonyl (C=O) groups is 1. The van der Waals surface area contributed by atoms with Crippen LogP contribution in [0.4, 0.5) is 0 Å². The maximum Gasteiger partial charge on any atom is 0.316 e. The summed E-state index contributed by atoms with van der Waals surface area (Å²) in [6.45, 7) is 3.41. The predicted molar refractivity (Wildman–Crippen MR) is 82.8 cm³/mol. The zero-order valence-corrected chi connectivity index (χ0v) is 12.6. The van der Waals surface area contributed by atoms with E-state index in [4.69, 9.17) is 4.74 Å². The Morgan fingerprint density at radius 2 is 1.77 bits per heavy atom. The lowest BCUT2D eigenvalue weighted by Crippen LogP contribution is -2.41. The molecule has 1 aromatic carbocycles. The third kappa shape index (κ3) is 3.42. The molecular weight excluding hydrogens is 278 g/mol. The van der Waals surface area contributed by atoms with E-state index in [0.717, 1.165) is 24.0 Å². The summed E-state index contributed by atoms with van der Waals surface area (Å²) >= 11 is 0. The lowest BCUT2D eigenvalue weighted by molar-refractivity contribution is 0.0578. The van der Waals surface area contributed by atoms with Gasteiger partial charge in [0.25, 0.3) is 5.91 Å². The standard InChI is InChI=1S/C17H19N3O2/c1-13-3-5-14(6-4-13)16(21)20-11-7-15(8-12-20)22-17-18-9-2-10-19-17/h2-6,9-10,15H,7-8,11-12H2,1H3. The van der Waals surface area contributed by atoms with Crippen molar-refractivity contribution in [2.75, 3.05) is 13.1 Å². The summed E-state index contributed by atoms with van der Waals surface area (Å²) < 4.78 is 5.74. The molecule has 22 heavy (non-hydrogen) atoms. The van der Waals surface area contributed by atoms with Crippen LogP contribution in [0.15, 0.2) is 42.7 Å². The summed E-state index contributed by atoms with van der Waals surface area (Å²) in [4.78, 5) is 22.5. The highest BCUT2D eigenvalue weighted by molar-refractivity contribution is 5.94. The molecule has 2 heterocycles. The average molecular weight is 297 g/mol. The number of piperidine rings is 1. The van der Waals surface area contributed by atoms with E-state index in [-0.39, 0.29) is 12.0 Å². The van der Waals surface area contributed by atoms with Crippen LogP contribution < -0.4 is 4.74 Å². The van der Waals surface area contributed by atoms with Gasteiger partial charge in [-0.3, -0.25) is 4.79 Å². The zero-order valence-electron chi connectivity index (χ0n) is 12.6. The first-order valence-corrected chi connectivity index (χ1v) is 7.52. The predicted octanol–water partition coefficient (Wildman–Crippen LogP) is 2.47. The van der Waals surface area contributed by atoms with Crippen LogP contribution in [0.1, 0.15) is 28.8 Å². The van der Waals surface area contributed by atoms with Gasteiger partial charge in [0.15, 0.2) is 0 Å². The van der Waals surface area contributed by atoms with Crippen molar-refractivity contribution in [3.8, 4) is 6.01 Å². The number of amides is 1. The summed E-state index contributed by atoms with van der Waals surface area (Å²) in [7, 11) is 0. The van der Waals surface area contributed by atoms with Gasteiger partial charge in [-0.05, 0) is 25.1 Å². The smallest absolute Gasteiger partial charge is 0.316 e. The van der Waals surface area contributed by atoms with Gasteiger partial charge in [0, 0.05) is 43.9 Å². The Morgan fingerprint density at radius 3 is 2.41 bits per heavy atom. The van der Waals surface area contributed by atoms with Gasteiger partial charge in [-0.2, -0.15) is 0 Å². The number of rotatable bonds is 3. The molecule has 0 N–H and O–H groups in total. The lowest BCUT2D eigenvalue weighted by atomic mass is 10.1. The molecular formula is C17H19N3O2. The molecule has 3 rings (SSSR count). The number of likely N-dealkylation sites (tertiary alicyclic amines) is 1. The molecule has 0 bridgehead atoms. The largest absolute Gasteiger partial charge is 0.460 e. The van der Waals surface area contributed by atoms with Gasteiger partial charge in [-0.25, -0.2) is 9.97 Å². The van der Waals surface area contributed by atoms with E-state index in [1.165, 1.54) is 0 Å². The van der Waals surface area contributed by atoms with E-state index in [2.05, 4.69) is 9.97 Å². The molecule has 1 fully saturated rings. The Labute approximate surface area is 130 Å². The van der Waals surface area contributed by atoms with E-state index < -0.39 is 0 Å². The van der Waals surface area contributed by atoms with Crippen LogP contribution in [-0.2, 0) is 0 Å². The fourth-order valence-electron chi connectivity index (χ4n) is 2.55. The number of aryl methyl sites for hydroxylation is 1. The summed E-state index contributed by atoms with van der Waals surface area (Å²) in [5.41, 5.74) is 1.91. The lowest BCUT2D eigenvalue weighted by Gasteiger charge is -2.31. The van der Waals surface area contributed by atoms with Crippen LogP contribution in [0.2, 0.25) is 0 Å². The molecule has 0 atom stereocenters. The Balaban J connectivity index is 1.55. The van der Waals surface area contributed by atoms with E-state index >= 15 is 0 Å². The van der Waals surface area contributed by atoms with Gasteiger partial charge >= 0.3 is 6.01 Å². The van der Waals surface area contributed by atoms with Crippen molar-refractivity contribution in [2.24, 2.45) is 0 Å². The van der Waals surface area contributed by atoms with E-state index in [9.17, 15) is 4.79 Å². The van der Waals surface area contributed by atoms with E-state index in [1.54, 1.807) is 18.5 Å². The molecule has 1 aliphatic rings. The van der Waals surface area contributed by atoms with Crippen molar-refractivity contribution in [3.05, 3.63) is 53.9 Å². The number of ether oxygens (including phenoxy) is 1. The van der Waals surface area contributed by atoms with Crippen LogP contribution in [0.3, 0.4) is 0 Å². The third-order valence-corrected chi connectivity index (χ3v) is 3.84. The number of carbonyl (C=O) groups excluding carboxylic acids is 1. The van der Waals surface area contributed by atoms with Crippen LogP contribution in [0.25, 0.3) is 0 Å². The van der Waals surface area contributed by atoms with Crippen molar-refractivity contribution < 1.29 is 9.53 Å². The Hall–Kier alpha value is -2.43. The van der Waals surface area contributed by atoms with Crippen LogP contribution in [-0.4, -0.2) is 40.0 Å². The van der Waals surface area contributed by atoms with Crippen LogP contribution in [0, 0.1) is 6.92 Å². The summed E-state index contributed by atoms with van der Waals surface area (Å²) in [6, 6.07) is 9.88. The summed E-state index contributed by atoms with van der Waals surface area (Å²) in [5, 5.41) is 0. The molecule has 2 aromatic rings. The summed E-state index contributed by atoms with van der Waals surface area (Å²) in [6.07, 6.45) is 5.01. The van der Waals surface area contributed by atoms with Gasteiger partial charge < -0.3 is 9.64 Å². The molecule has 5 heteroatoms. The third-order valence-electron chi connectivity index (χ3n) is 3.84. The zero-order chi connectivity index (χ0) is 15.4. The van der Waals surface area contributed by atoms with Gasteiger partial charge in [0.2, 0.25) is 0 Å². The molecule has 114 valence electrons. The molecule has 0 aliphatic carbocycles. The molecule has 0 unspecified atom stereocenters. The van der Waals surface area contributed by atoms with Crippen molar-refractivity contribution in [3.63, 3.8) is 0 Å². The number of nitrogens with zero attached hydrogens (tertiary/aromatic N) is 3. The second kappa shape index (κ2) is 6.56. The average Bonchev–Trinajstić information content (AvgIpc) is 2.57. The SMILES string of the molecule is Cc1ccc(C(=O)N2CCC(Oc3ncccn3)CC2)cc1. The highest BCUT2D eigenvalue weighted by Gasteiger charge is 2.25. The van der Waals surface area contributed by atoms with Gasteiger partial charge in [0.1, 0.15) is 6.10 Å². The molecule has 0 saturated carbocycles. The van der Waals surface area contributed by atoms with Crippen LogP contribution >= 0.6 is 0 Å². The molecule has 1 saturated heterocycles. The van der Waals surface area contributed by atoms with Gasteiger partial charge in [-0.1, -0.05) is 17.7 Å². The Kier molecular flexibility index (Phi) is 4.32. The molecule has 0 spiro atoms. The molecule has 5 nitrogen and oxygen atoms in total. The van der Waals surface area contributed by atoms with E-state index in [0.29, 0.717) is 19.1 Å². The maximum atomic E-state index is 12.4. The number of benzene rings is 1. The first kappa shape index (κ1) is 14.5. The number of aromatic nitrogens is 2. The Morgan fingerprint density at radius 1 is 1.14 bits per heavy atom. The fraction of sp³-hybridized carbons (Fsp3) is 0.353. The minimum absolute atomic E-state index is 0.0736. The molecule has 1 aromatic heterocycles. The second-order valence-electron chi connectivity index (χ2n) is 5.51. The highest BCUT2D eigenvalue weighted by atomic mass is 16.5. The summed E-state index contributed by atoms with van der Waals surface area (Å²) in [5.74, 6) is 0.0920.